The second-order valence-electron chi connectivity index (χ2n) is 12.0. The Bertz CT molecular complexity index is 2360. The molecule has 0 fully saturated rings. The van der Waals surface area contributed by atoms with Gasteiger partial charge in [-0.3, -0.25) is 0 Å². The van der Waals surface area contributed by atoms with Crippen molar-refractivity contribution in [2.75, 3.05) is 4.90 Å². The summed E-state index contributed by atoms with van der Waals surface area (Å²) >= 11 is 0. The van der Waals surface area contributed by atoms with Crippen LogP contribution in [0.15, 0.2) is 185 Å². The predicted molar refractivity (Wildman–Crippen MR) is 200 cm³/mol. The first kappa shape index (κ1) is 27.9. The zero-order valence-corrected chi connectivity index (χ0v) is 26.1. The Morgan fingerprint density at radius 1 is 0.562 bits per heavy atom. The van der Waals surface area contributed by atoms with Gasteiger partial charge >= 0.3 is 0 Å². The monoisotopic (exact) mass is 617 g/mol. The van der Waals surface area contributed by atoms with Crippen molar-refractivity contribution >= 4 is 56.1 Å². The standard InChI is InChI=1S/C44H31N3O/c1-4-14-31(15-5-1)42-43(46-39-22-12-11-21-38(39)45-42)37-29-28-35(44-41(37)36-20-10-13-23-40(36)48-44)30-24-26-34(27-25-30)47(32-16-6-2-7-17-32)33-18-8-3-9-19-33/h1-29,39,46H. The number of hydrogen-bond donors (Lipinski definition) is 1. The van der Waals surface area contributed by atoms with Gasteiger partial charge in [-0.25, -0.2) is 4.99 Å². The van der Waals surface area contributed by atoms with Gasteiger partial charge < -0.3 is 14.6 Å². The number of nitrogens with one attached hydrogen (secondary N) is 1. The number of rotatable bonds is 6. The number of para-hydroxylation sites is 3. The van der Waals surface area contributed by atoms with E-state index in [1.807, 2.05) is 30.3 Å². The van der Waals surface area contributed by atoms with E-state index in [1.54, 1.807) is 0 Å². The molecule has 1 aliphatic carbocycles. The zero-order chi connectivity index (χ0) is 31.9. The maximum absolute atomic E-state index is 6.71. The Hall–Kier alpha value is -6.39. The van der Waals surface area contributed by atoms with Crippen LogP contribution in [0.1, 0.15) is 11.1 Å². The average molecular weight is 618 g/mol. The second-order valence-corrected chi connectivity index (χ2v) is 12.0. The maximum atomic E-state index is 6.71. The van der Waals surface area contributed by atoms with Crippen molar-refractivity contribution in [2.24, 2.45) is 4.99 Å². The predicted octanol–water partition coefficient (Wildman–Crippen LogP) is 11.1. The van der Waals surface area contributed by atoms with Gasteiger partial charge in [0.1, 0.15) is 11.2 Å². The highest BCUT2D eigenvalue weighted by Gasteiger charge is 2.27. The van der Waals surface area contributed by atoms with E-state index in [2.05, 4.69) is 156 Å². The first-order chi connectivity index (χ1) is 23.8. The molecule has 0 saturated heterocycles. The summed E-state index contributed by atoms with van der Waals surface area (Å²) in [7, 11) is 0. The van der Waals surface area contributed by atoms with Crippen LogP contribution in [0.2, 0.25) is 0 Å². The van der Waals surface area contributed by atoms with Gasteiger partial charge in [0, 0.05) is 44.5 Å². The van der Waals surface area contributed by atoms with Crippen LogP contribution in [-0.2, 0) is 0 Å². The normalized spacial score (nSPS) is 15.3. The molecular formula is C44H31N3O. The summed E-state index contributed by atoms with van der Waals surface area (Å²) in [4.78, 5) is 7.50. The van der Waals surface area contributed by atoms with Gasteiger partial charge in [0.15, 0.2) is 0 Å². The highest BCUT2D eigenvalue weighted by atomic mass is 16.3. The van der Waals surface area contributed by atoms with Crippen LogP contribution in [0.25, 0.3) is 44.5 Å². The highest BCUT2D eigenvalue weighted by molar-refractivity contribution is 6.18. The third-order valence-electron chi connectivity index (χ3n) is 9.09. The number of furan rings is 1. The van der Waals surface area contributed by atoms with Crippen molar-refractivity contribution < 1.29 is 4.42 Å². The molecule has 6 aromatic carbocycles. The number of aliphatic imine (C=N–C) groups is 1. The smallest absolute Gasteiger partial charge is 0.143 e. The molecule has 48 heavy (non-hydrogen) atoms. The minimum atomic E-state index is -0.00456. The minimum Gasteiger partial charge on any atom is -0.455 e. The molecule has 1 unspecified atom stereocenters. The van der Waals surface area contributed by atoms with Crippen molar-refractivity contribution in [1.29, 1.82) is 0 Å². The lowest BCUT2D eigenvalue weighted by atomic mass is 9.93. The first-order valence-corrected chi connectivity index (χ1v) is 16.3. The number of benzene rings is 6. The summed E-state index contributed by atoms with van der Waals surface area (Å²) in [6.45, 7) is 0. The largest absolute Gasteiger partial charge is 0.455 e. The third kappa shape index (κ3) is 4.83. The Morgan fingerprint density at radius 3 is 1.92 bits per heavy atom. The summed E-state index contributed by atoms with van der Waals surface area (Å²) in [6, 6.07) is 52.9. The van der Waals surface area contributed by atoms with Crippen LogP contribution < -0.4 is 10.2 Å². The molecule has 0 bridgehead atoms. The first-order valence-electron chi connectivity index (χ1n) is 16.3. The van der Waals surface area contributed by atoms with Crippen molar-refractivity contribution in [3.8, 4) is 11.1 Å². The van der Waals surface area contributed by atoms with Crippen molar-refractivity contribution in [2.45, 2.75) is 6.04 Å². The van der Waals surface area contributed by atoms with Gasteiger partial charge in [0.2, 0.25) is 0 Å². The Kier molecular flexibility index (Phi) is 6.83. The molecule has 9 rings (SSSR count). The number of hydrogen-bond acceptors (Lipinski definition) is 4. The topological polar surface area (TPSA) is 40.8 Å². The van der Waals surface area contributed by atoms with E-state index in [-0.39, 0.29) is 6.04 Å². The van der Waals surface area contributed by atoms with E-state index in [4.69, 9.17) is 9.41 Å². The molecule has 0 radical (unpaired) electrons. The second kappa shape index (κ2) is 11.8. The molecule has 0 amide bonds. The highest BCUT2D eigenvalue weighted by Crippen LogP contribution is 2.43. The summed E-state index contributed by atoms with van der Waals surface area (Å²) in [5, 5.41) is 6.00. The van der Waals surface area contributed by atoms with Crippen molar-refractivity contribution in [3.63, 3.8) is 0 Å². The number of fused-ring (bicyclic) bond motifs is 4. The summed E-state index contributed by atoms with van der Waals surface area (Å²) in [5.74, 6) is 0. The lowest BCUT2D eigenvalue weighted by Gasteiger charge is -2.28. The molecular weight excluding hydrogens is 587 g/mol. The van der Waals surface area contributed by atoms with Crippen LogP contribution in [0.5, 0.6) is 0 Å². The van der Waals surface area contributed by atoms with Gasteiger partial charge in [-0.1, -0.05) is 121 Å². The zero-order valence-electron chi connectivity index (χ0n) is 26.1. The van der Waals surface area contributed by atoms with Gasteiger partial charge in [0.05, 0.1) is 23.1 Å². The van der Waals surface area contributed by atoms with E-state index in [9.17, 15) is 0 Å². The third-order valence-corrected chi connectivity index (χ3v) is 9.09. The SMILES string of the molecule is C1=CC2=NC(c3ccccc3)=C(c3ccc(-c4ccc(N(c5ccccc5)c5ccccc5)cc4)c4oc5ccccc5c34)NC2C=C1. The average Bonchev–Trinajstić information content (AvgIpc) is 3.56. The van der Waals surface area contributed by atoms with Crippen molar-refractivity contribution in [3.05, 3.63) is 187 Å². The van der Waals surface area contributed by atoms with Gasteiger partial charge in [-0.15, -0.1) is 0 Å². The fraction of sp³-hybridized carbons (Fsp3) is 0.0227. The molecule has 4 nitrogen and oxygen atoms in total. The van der Waals surface area contributed by atoms with Crippen LogP contribution in [0.3, 0.4) is 0 Å². The molecule has 0 saturated carbocycles. The summed E-state index contributed by atoms with van der Waals surface area (Å²) < 4.78 is 6.71. The summed E-state index contributed by atoms with van der Waals surface area (Å²) in [5.41, 5.74) is 12.2. The van der Waals surface area contributed by atoms with Crippen molar-refractivity contribution in [1.82, 2.24) is 5.32 Å². The lowest BCUT2D eigenvalue weighted by molar-refractivity contribution is 0.670. The van der Waals surface area contributed by atoms with Crippen LogP contribution in [0.4, 0.5) is 17.1 Å². The van der Waals surface area contributed by atoms with Crippen LogP contribution in [-0.4, -0.2) is 11.8 Å². The van der Waals surface area contributed by atoms with Crippen LogP contribution in [0, 0.1) is 0 Å². The summed E-state index contributed by atoms with van der Waals surface area (Å²) in [6.07, 6.45) is 8.37. The lowest BCUT2D eigenvalue weighted by Crippen LogP contribution is -2.37. The molecule has 4 heteroatoms. The maximum Gasteiger partial charge on any atom is 0.143 e. The van der Waals surface area contributed by atoms with E-state index in [1.165, 1.54) is 0 Å². The molecule has 0 spiro atoms. The van der Waals surface area contributed by atoms with E-state index in [0.717, 1.165) is 78.4 Å². The molecule has 228 valence electrons. The molecule has 2 heterocycles. The fourth-order valence-electron chi connectivity index (χ4n) is 6.83. The Balaban J connectivity index is 1.21. The van der Waals surface area contributed by atoms with Gasteiger partial charge in [-0.2, -0.15) is 0 Å². The quantitative estimate of drug-likeness (QED) is 0.202. The molecule has 1 atom stereocenters. The number of anilines is 3. The van der Waals surface area contributed by atoms with Gasteiger partial charge in [-0.05, 0) is 60.2 Å². The van der Waals surface area contributed by atoms with E-state index >= 15 is 0 Å². The Morgan fingerprint density at radius 2 is 1.19 bits per heavy atom. The molecule has 1 aliphatic heterocycles. The minimum absolute atomic E-state index is 0.00456. The van der Waals surface area contributed by atoms with Gasteiger partial charge in [0.25, 0.3) is 0 Å². The molecule has 7 aromatic rings. The number of nitrogens with zero attached hydrogens (tertiary/aromatic N) is 2. The molecule has 1 aromatic heterocycles. The number of allylic oxidation sites excluding steroid dienone is 2. The van der Waals surface area contributed by atoms with E-state index in [0.29, 0.717) is 0 Å². The van der Waals surface area contributed by atoms with Crippen LogP contribution >= 0.6 is 0 Å². The molecule has 1 N–H and O–H groups in total. The Labute approximate surface area is 279 Å². The fourth-order valence-corrected chi connectivity index (χ4v) is 6.83. The molecule has 2 aliphatic rings. The van der Waals surface area contributed by atoms with E-state index < -0.39 is 0 Å².